The number of likely N-dealkylation sites (N-methyl/N-ethyl adjacent to an activating group) is 1. The topological polar surface area (TPSA) is 48.7 Å². The van der Waals surface area contributed by atoms with E-state index >= 15 is 0 Å². The Bertz CT molecular complexity index is 403. The lowest BCUT2D eigenvalue weighted by Crippen LogP contribution is -2.48. The number of furan rings is 1. The molecule has 5 nitrogen and oxygen atoms in total. The molecule has 1 aliphatic heterocycles. The van der Waals surface area contributed by atoms with Crippen molar-refractivity contribution in [3.63, 3.8) is 0 Å². The van der Waals surface area contributed by atoms with Crippen molar-refractivity contribution in [2.24, 2.45) is 5.92 Å². The lowest BCUT2D eigenvalue weighted by atomic mass is 10.2. The zero-order chi connectivity index (χ0) is 13.8. The van der Waals surface area contributed by atoms with Crippen LogP contribution in [0.4, 0.5) is 0 Å². The molecule has 0 saturated carbocycles. The van der Waals surface area contributed by atoms with E-state index in [1.165, 1.54) is 0 Å². The van der Waals surface area contributed by atoms with Crippen LogP contribution in [0.2, 0.25) is 0 Å². The predicted molar refractivity (Wildman–Crippen MR) is 73.6 cm³/mol. The van der Waals surface area contributed by atoms with Gasteiger partial charge >= 0.3 is 0 Å². The maximum Gasteiger partial charge on any atom is 0.241 e. The Balaban J connectivity index is 2.08. The molecule has 2 heterocycles. The number of hydrogen-bond donors (Lipinski definition) is 1. The average molecular weight is 265 g/mol. The highest BCUT2D eigenvalue weighted by Gasteiger charge is 2.29. The molecule has 19 heavy (non-hydrogen) atoms. The first-order valence-electron chi connectivity index (χ1n) is 6.75. The van der Waals surface area contributed by atoms with Crippen molar-refractivity contribution >= 4 is 5.91 Å². The van der Waals surface area contributed by atoms with E-state index in [9.17, 15) is 4.79 Å². The van der Waals surface area contributed by atoms with Gasteiger partial charge in [0.15, 0.2) is 0 Å². The highest BCUT2D eigenvalue weighted by molar-refractivity contribution is 5.82. The summed E-state index contributed by atoms with van der Waals surface area (Å²) in [5.41, 5.74) is 0. The number of rotatable bonds is 4. The van der Waals surface area contributed by atoms with E-state index in [0.29, 0.717) is 12.5 Å². The lowest BCUT2D eigenvalue weighted by Gasteiger charge is -2.25. The summed E-state index contributed by atoms with van der Waals surface area (Å²) in [4.78, 5) is 16.5. The fourth-order valence-electron chi connectivity index (χ4n) is 2.42. The molecule has 1 aliphatic rings. The van der Waals surface area contributed by atoms with Crippen molar-refractivity contribution in [2.45, 2.75) is 19.5 Å². The molecule has 1 saturated heterocycles. The van der Waals surface area contributed by atoms with Gasteiger partial charge in [-0.2, -0.15) is 0 Å². The summed E-state index contributed by atoms with van der Waals surface area (Å²) < 4.78 is 5.35. The molecular weight excluding hydrogens is 242 g/mol. The first-order valence-corrected chi connectivity index (χ1v) is 6.75. The number of carbonyl (C=O) groups is 1. The molecule has 2 unspecified atom stereocenters. The Hall–Kier alpha value is -1.33. The van der Waals surface area contributed by atoms with Crippen LogP contribution in [0.1, 0.15) is 12.7 Å². The van der Waals surface area contributed by atoms with E-state index in [1.807, 2.05) is 36.0 Å². The van der Waals surface area contributed by atoms with Crippen molar-refractivity contribution in [3.05, 3.63) is 24.2 Å². The second-order valence-corrected chi connectivity index (χ2v) is 5.63. The van der Waals surface area contributed by atoms with Gasteiger partial charge in [-0.15, -0.1) is 0 Å². The third kappa shape index (κ3) is 3.81. The maximum absolute atomic E-state index is 12.5. The van der Waals surface area contributed by atoms with E-state index in [1.54, 1.807) is 6.26 Å². The van der Waals surface area contributed by atoms with Gasteiger partial charge in [0.05, 0.1) is 18.8 Å². The number of carbonyl (C=O) groups excluding carboxylic acids is 1. The monoisotopic (exact) mass is 265 g/mol. The SMILES string of the molecule is CC1CNC(CN(C)C)C(=O)N(Cc2ccco2)C1. The van der Waals surface area contributed by atoms with Gasteiger partial charge in [-0.05, 0) is 32.1 Å². The third-order valence-electron chi connectivity index (χ3n) is 3.33. The molecule has 1 fully saturated rings. The lowest BCUT2D eigenvalue weighted by molar-refractivity contribution is -0.134. The molecule has 0 radical (unpaired) electrons. The average Bonchev–Trinajstić information content (AvgIpc) is 2.81. The Labute approximate surface area is 114 Å². The predicted octanol–water partition coefficient (Wildman–Crippen LogP) is 0.778. The van der Waals surface area contributed by atoms with Crippen LogP contribution in [-0.2, 0) is 11.3 Å². The van der Waals surface area contributed by atoms with E-state index in [4.69, 9.17) is 4.42 Å². The van der Waals surface area contributed by atoms with Gasteiger partial charge < -0.3 is 19.5 Å². The molecule has 2 rings (SSSR count). The van der Waals surface area contributed by atoms with E-state index in [2.05, 4.69) is 12.2 Å². The number of nitrogens with one attached hydrogen (secondary N) is 1. The van der Waals surface area contributed by atoms with Crippen LogP contribution >= 0.6 is 0 Å². The molecule has 1 aromatic heterocycles. The fraction of sp³-hybridized carbons (Fsp3) is 0.643. The summed E-state index contributed by atoms with van der Waals surface area (Å²) in [6.07, 6.45) is 1.65. The fourth-order valence-corrected chi connectivity index (χ4v) is 2.42. The third-order valence-corrected chi connectivity index (χ3v) is 3.33. The largest absolute Gasteiger partial charge is 0.467 e. The van der Waals surface area contributed by atoms with Gasteiger partial charge in [0.2, 0.25) is 5.91 Å². The van der Waals surface area contributed by atoms with Gasteiger partial charge in [-0.1, -0.05) is 6.92 Å². The van der Waals surface area contributed by atoms with Gasteiger partial charge in [-0.25, -0.2) is 0 Å². The van der Waals surface area contributed by atoms with Gasteiger partial charge in [0, 0.05) is 19.6 Å². The number of nitrogens with zero attached hydrogens (tertiary/aromatic N) is 2. The maximum atomic E-state index is 12.5. The zero-order valence-corrected chi connectivity index (χ0v) is 11.9. The molecule has 0 spiro atoms. The molecule has 2 atom stereocenters. The van der Waals surface area contributed by atoms with Gasteiger partial charge in [0.1, 0.15) is 5.76 Å². The summed E-state index contributed by atoms with van der Waals surface area (Å²) in [5, 5.41) is 3.36. The summed E-state index contributed by atoms with van der Waals surface area (Å²) in [7, 11) is 3.97. The van der Waals surface area contributed by atoms with Crippen LogP contribution in [0.5, 0.6) is 0 Å². The minimum atomic E-state index is -0.130. The summed E-state index contributed by atoms with van der Waals surface area (Å²) in [6, 6.07) is 3.64. The van der Waals surface area contributed by atoms with Gasteiger partial charge in [0.25, 0.3) is 0 Å². The molecule has 0 bridgehead atoms. The van der Waals surface area contributed by atoms with Crippen molar-refractivity contribution in [1.82, 2.24) is 15.1 Å². The first-order chi connectivity index (χ1) is 9.06. The van der Waals surface area contributed by atoms with Crippen molar-refractivity contribution in [3.8, 4) is 0 Å². The van der Waals surface area contributed by atoms with Crippen LogP contribution in [0.3, 0.4) is 0 Å². The second-order valence-electron chi connectivity index (χ2n) is 5.63. The molecule has 1 amide bonds. The van der Waals surface area contributed by atoms with Crippen LogP contribution in [0, 0.1) is 5.92 Å². The molecular formula is C14H23N3O2. The molecule has 1 aromatic rings. The van der Waals surface area contributed by atoms with Crippen LogP contribution in [0.25, 0.3) is 0 Å². The standard InChI is InChI=1S/C14H23N3O2/c1-11-7-15-13(10-16(2)3)14(18)17(8-11)9-12-5-4-6-19-12/h4-6,11,13,15H,7-10H2,1-3H3. The minimum Gasteiger partial charge on any atom is -0.467 e. The quantitative estimate of drug-likeness (QED) is 0.874. The number of hydrogen-bond acceptors (Lipinski definition) is 4. The van der Waals surface area contributed by atoms with Crippen LogP contribution < -0.4 is 5.32 Å². The molecule has 106 valence electrons. The Morgan fingerprint density at radius 3 is 2.95 bits per heavy atom. The Morgan fingerprint density at radius 1 is 1.53 bits per heavy atom. The minimum absolute atomic E-state index is 0.130. The van der Waals surface area contributed by atoms with E-state index in [0.717, 1.165) is 25.4 Å². The van der Waals surface area contributed by atoms with Crippen LogP contribution in [0.15, 0.2) is 22.8 Å². The Kier molecular flexibility index (Phi) is 4.61. The zero-order valence-electron chi connectivity index (χ0n) is 11.9. The van der Waals surface area contributed by atoms with E-state index in [-0.39, 0.29) is 11.9 Å². The smallest absolute Gasteiger partial charge is 0.241 e. The normalized spacial score (nSPS) is 24.8. The van der Waals surface area contributed by atoms with Crippen molar-refractivity contribution in [2.75, 3.05) is 33.7 Å². The van der Waals surface area contributed by atoms with Gasteiger partial charge in [-0.3, -0.25) is 4.79 Å². The van der Waals surface area contributed by atoms with Crippen molar-refractivity contribution < 1.29 is 9.21 Å². The Morgan fingerprint density at radius 2 is 2.32 bits per heavy atom. The number of amides is 1. The van der Waals surface area contributed by atoms with Crippen LogP contribution in [-0.4, -0.2) is 55.5 Å². The summed E-state index contributed by atoms with van der Waals surface area (Å²) in [6.45, 7) is 5.09. The molecule has 5 heteroatoms. The summed E-state index contributed by atoms with van der Waals surface area (Å²) >= 11 is 0. The van der Waals surface area contributed by atoms with Crippen molar-refractivity contribution in [1.29, 1.82) is 0 Å². The highest BCUT2D eigenvalue weighted by Crippen LogP contribution is 2.13. The highest BCUT2D eigenvalue weighted by atomic mass is 16.3. The van der Waals surface area contributed by atoms with E-state index < -0.39 is 0 Å². The molecule has 0 aromatic carbocycles. The first kappa shape index (κ1) is 14.1. The summed E-state index contributed by atoms with van der Waals surface area (Å²) in [5.74, 6) is 1.45. The molecule has 0 aliphatic carbocycles. The molecule has 1 N–H and O–H groups in total. The second kappa shape index (κ2) is 6.21.